The SMILES string of the molecule is Cl.NCC1(NC(=S)Nc2ccc([N+](=O)[O-])cc2Cl)CC1. The van der Waals surface area contributed by atoms with Gasteiger partial charge in [-0.1, -0.05) is 11.6 Å². The second-order valence-corrected chi connectivity index (χ2v) is 5.30. The van der Waals surface area contributed by atoms with E-state index in [1.165, 1.54) is 18.2 Å². The average molecular weight is 337 g/mol. The molecule has 6 nitrogen and oxygen atoms in total. The molecule has 20 heavy (non-hydrogen) atoms. The number of nitro benzene ring substituents is 1. The third-order valence-electron chi connectivity index (χ3n) is 3.03. The largest absolute Gasteiger partial charge is 0.356 e. The molecule has 110 valence electrons. The van der Waals surface area contributed by atoms with Gasteiger partial charge in [-0.25, -0.2) is 0 Å². The molecule has 2 rings (SSSR count). The summed E-state index contributed by atoms with van der Waals surface area (Å²) in [6.07, 6.45) is 1.97. The maximum Gasteiger partial charge on any atom is 0.271 e. The fraction of sp³-hybridized carbons (Fsp3) is 0.364. The molecule has 0 heterocycles. The summed E-state index contributed by atoms with van der Waals surface area (Å²) in [5, 5.41) is 17.3. The van der Waals surface area contributed by atoms with Crippen molar-refractivity contribution < 1.29 is 4.92 Å². The van der Waals surface area contributed by atoms with Crippen molar-refractivity contribution >= 4 is 52.7 Å². The summed E-state index contributed by atoms with van der Waals surface area (Å²) < 4.78 is 0. The molecule has 0 aliphatic heterocycles. The maximum atomic E-state index is 10.6. The molecular formula is C11H14Cl2N4O2S. The van der Waals surface area contributed by atoms with Crippen molar-refractivity contribution in [1.29, 1.82) is 0 Å². The van der Waals surface area contributed by atoms with E-state index in [1.54, 1.807) is 0 Å². The number of rotatable bonds is 4. The molecule has 1 aliphatic rings. The summed E-state index contributed by atoms with van der Waals surface area (Å²) in [6.45, 7) is 0.517. The van der Waals surface area contributed by atoms with Crippen molar-refractivity contribution in [1.82, 2.24) is 5.32 Å². The minimum atomic E-state index is -0.500. The van der Waals surface area contributed by atoms with Crippen LogP contribution < -0.4 is 16.4 Å². The first-order valence-electron chi connectivity index (χ1n) is 5.69. The molecule has 0 atom stereocenters. The highest BCUT2D eigenvalue weighted by molar-refractivity contribution is 7.80. The van der Waals surface area contributed by atoms with E-state index in [0.717, 1.165) is 12.8 Å². The molecule has 0 spiro atoms. The molecule has 4 N–H and O–H groups in total. The van der Waals surface area contributed by atoms with Gasteiger partial charge >= 0.3 is 0 Å². The Morgan fingerprint density at radius 1 is 1.55 bits per heavy atom. The summed E-state index contributed by atoms with van der Waals surface area (Å²) in [6, 6.07) is 4.17. The summed E-state index contributed by atoms with van der Waals surface area (Å²) >= 11 is 11.1. The molecule has 1 saturated carbocycles. The zero-order chi connectivity index (χ0) is 14.0. The highest BCUT2D eigenvalue weighted by Crippen LogP contribution is 2.34. The van der Waals surface area contributed by atoms with Crippen molar-refractivity contribution in [2.45, 2.75) is 18.4 Å². The molecule has 0 amide bonds. The van der Waals surface area contributed by atoms with E-state index >= 15 is 0 Å². The Labute approximate surface area is 132 Å². The average Bonchev–Trinajstić information content (AvgIpc) is 3.12. The number of hydrogen-bond donors (Lipinski definition) is 3. The standard InChI is InChI=1S/C11H13ClN4O2S.ClH/c12-8-5-7(16(17)18)1-2-9(8)14-10(19)15-11(6-13)3-4-11;/h1-2,5H,3-4,6,13H2,(H2,14,15,19);1H. The third kappa shape index (κ3) is 3.92. The van der Waals surface area contributed by atoms with E-state index in [9.17, 15) is 10.1 Å². The Morgan fingerprint density at radius 3 is 2.65 bits per heavy atom. The topological polar surface area (TPSA) is 93.2 Å². The van der Waals surface area contributed by atoms with E-state index in [1.807, 2.05) is 0 Å². The fourth-order valence-electron chi connectivity index (χ4n) is 1.64. The first-order valence-corrected chi connectivity index (χ1v) is 6.48. The molecule has 1 aromatic carbocycles. The lowest BCUT2D eigenvalue weighted by molar-refractivity contribution is -0.384. The van der Waals surface area contributed by atoms with Crippen LogP contribution in [0.4, 0.5) is 11.4 Å². The molecule has 0 radical (unpaired) electrons. The van der Waals surface area contributed by atoms with Gasteiger partial charge in [0.25, 0.3) is 5.69 Å². The van der Waals surface area contributed by atoms with Crippen molar-refractivity contribution in [2.24, 2.45) is 5.73 Å². The monoisotopic (exact) mass is 336 g/mol. The molecule has 0 bridgehead atoms. The summed E-state index contributed by atoms with van der Waals surface area (Å²) in [4.78, 5) is 10.1. The van der Waals surface area contributed by atoms with Crippen LogP contribution in [0.15, 0.2) is 18.2 Å². The summed E-state index contributed by atoms with van der Waals surface area (Å²) in [5.74, 6) is 0. The Balaban J connectivity index is 0.00000200. The second kappa shape index (κ2) is 6.53. The van der Waals surface area contributed by atoms with E-state index in [2.05, 4.69) is 10.6 Å². The Hall–Kier alpha value is -1.15. The van der Waals surface area contributed by atoms with Crippen LogP contribution >= 0.6 is 36.2 Å². The van der Waals surface area contributed by atoms with Gasteiger partial charge in [-0.05, 0) is 31.1 Å². The Kier molecular flexibility index (Phi) is 5.52. The minimum absolute atomic E-state index is 0. The van der Waals surface area contributed by atoms with Crippen LogP contribution in [-0.4, -0.2) is 22.1 Å². The number of nitrogens with zero attached hydrogens (tertiary/aromatic N) is 1. The van der Waals surface area contributed by atoms with Gasteiger partial charge in [0.2, 0.25) is 0 Å². The number of nitrogens with two attached hydrogens (primary N) is 1. The quantitative estimate of drug-likeness (QED) is 0.444. The normalized spacial score (nSPS) is 14.9. The Morgan fingerprint density at radius 2 is 2.20 bits per heavy atom. The number of halogens is 2. The highest BCUT2D eigenvalue weighted by atomic mass is 35.5. The van der Waals surface area contributed by atoms with Gasteiger partial charge in [-0.3, -0.25) is 10.1 Å². The van der Waals surface area contributed by atoms with Gasteiger partial charge in [0.15, 0.2) is 5.11 Å². The second-order valence-electron chi connectivity index (χ2n) is 4.48. The molecule has 9 heteroatoms. The lowest BCUT2D eigenvalue weighted by Crippen LogP contribution is -2.44. The summed E-state index contributed by atoms with van der Waals surface area (Å²) in [7, 11) is 0. The minimum Gasteiger partial charge on any atom is -0.356 e. The smallest absolute Gasteiger partial charge is 0.271 e. The van der Waals surface area contributed by atoms with Gasteiger partial charge in [-0.15, -0.1) is 12.4 Å². The number of nitrogens with one attached hydrogen (secondary N) is 2. The fourth-order valence-corrected chi connectivity index (χ4v) is 2.19. The van der Waals surface area contributed by atoms with Crippen LogP contribution in [-0.2, 0) is 0 Å². The van der Waals surface area contributed by atoms with Gasteiger partial charge in [0.05, 0.1) is 21.2 Å². The molecule has 1 aromatic rings. The van der Waals surface area contributed by atoms with Crippen molar-refractivity contribution in [3.8, 4) is 0 Å². The summed E-state index contributed by atoms with van der Waals surface area (Å²) in [5.41, 5.74) is 6.01. The van der Waals surface area contributed by atoms with Crippen molar-refractivity contribution in [3.05, 3.63) is 33.3 Å². The number of anilines is 1. The van der Waals surface area contributed by atoms with Crippen LogP contribution in [0.3, 0.4) is 0 Å². The van der Waals surface area contributed by atoms with E-state index in [0.29, 0.717) is 17.3 Å². The van der Waals surface area contributed by atoms with E-state index in [-0.39, 0.29) is 28.7 Å². The Bertz CT molecular complexity index is 537. The highest BCUT2D eigenvalue weighted by Gasteiger charge is 2.41. The van der Waals surface area contributed by atoms with E-state index in [4.69, 9.17) is 29.6 Å². The van der Waals surface area contributed by atoms with Gasteiger partial charge in [0, 0.05) is 18.7 Å². The third-order valence-corrected chi connectivity index (χ3v) is 3.55. The first-order chi connectivity index (χ1) is 8.96. The van der Waals surface area contributed by atoms with Crippen molar-refractivity contribution in [2.75, 3.05) is 11.9 Å². The predicted octanol–water partition coefficient (Wildman–Crippen LogP) is 2.45. The number of thiocarbonyl (C=S) groups is 1. The molecule has 0 saturated heterocycles. The zero-order valence-electron chi connectivity index (χ0n) is 10.4. The van der Waals surface area contributed by atoms with Crippen LogP contribution in [0.25, 0.3) is 0 Å². The van der Waals surface area contributed by atoms with Gasteiger partial charge in [0.1, 0.15) is 0 Å². The van der Waals surface area contributed by atoms with E-state index < -0.39 is 4.92 Å². The number of nitro groups is 1. The lowest BCUT2D eigenvalue weighted by atomic mass is 10.2. The predicted molar refractivity (Wildman–Crippen MR) is 85.7 cm³/mol. The molecule has 0 aromatic heterocycles. The van der Waals surface area contributed by atoms with Crippen molar-refractivity contribution in [3.63, 3.8) is 0 Å². The van der Waals surface area contributed by atoms with Gasteiger partial charge in [-0.2, -0.15) is 0 Å². The molecule has 1 aliphatic carbocycles. The number of non-ortho nitro benzene ring substituents is 1. The van der Waals surface area contributed by atoms with Crippen LogP contribution in [0.1, 0.15) is 12.8 Å². The molecular weight excluding hydrogens is 323 g/mol. The maximum absolute atomic E-state index is 10.6. The van der Waals surface area contributed by atoms with Crippen LogP contribution in [0, 0.1) is 10.1 Å². The number of hydrogen-bond acceptors (Lipinski definition) is 4. The molecule has 0 unspecified atom stereocenters. The lowest BCUT2D eigenvalue weighted by Gasteiger charge is -2.18. The van der Waals surface area contributed by atoms with Crippen LogP contribution in [0.2, 0.25) is 5.02 Å². The zero-order valence-corrected chi connectivity index (χ0v) is 12.8. The molecule has 1 fully saturated rings. The van der Waals surface area contributed by atoms with Gasteiger partial charge < -0.3 is 16.4 Å². The van der Waals surface area contributed by atoms with Crippen LogP contribution in [0.5, 0.6) is 0 Å². The first kappa shape index (κ1) is 16.9. The number of benzene rings is 1.